The second-order valence-electron chi connectivity index (χ2n) is 4.43. The van der Waals surface area contributed by atoms with E-state index in [1.54, 1.807) is 0 Å². The number of carbonyl (C=O) groups is 2. The monoisotopic (exact) mass is 263 g/mol. The molecule has 2 atom stereocenters. The van der Waals surface area contributed by atoms with E-state index in [-0.39, 0.29) is 58.6 Å². The van der Waals surface area contributed by atoms with Crippen LogP contribution in [-0.2, 0) is 22.2 Å². The van der Waals surface area contributed by atoms with Crippen molar-refractivity contribution in [2.75, 3.05) is 0 Å². The third-order valence-electron chi connectivity index (χ3n) is 3.54. The standard InChI is InChI=1S/C12H19NO2S.Na/c1-4-6-8(3)12(5-2)9(14)7-10(16)13-11(12)15;/h8H,4-7H2,1-3H3,(H,13,15,16);/q;+1/p-1. The van der Waals surface area contributed by atoms with E-state index in [0.29, 0.717) is 6.42 Å². The van der Waals surface area contributed by atoms with Crippen molar-refractivity contribution in [3.8, 4) is 0 Å². The van der Waals surface area contributed by atoms with Crippen LogP contribution < -0.4 is 29.6 Å². The Labute approximate surface area is 131 Å². The molecule has 0 aromatic heterocycles. The van der Waals surface area contributed by atoms with Crippen molar-refractivity contribution in [3.63, 3.8) is 0 Å². The number of Topliss-reactive ketones (excluding diaryl/α,β-unsaturated/α-hetero) is 1. The van der Waals surface area contributed by atoms with Crippen LogP contribution in [0.3, 0.4) is 0 Å². The Kier molecular flexibility index (Phi) is 7.07. The maximum Gasteiger partial charge on any atom is 1.00 e. The average Bonchev–Trinajstić information content (AvgIpc) is 2.18. The van der Waals surface area contributed by atoms with Gasteiger partial charge < -0.3 is 12.6 Å². The normalized spacial score (nSPS) is 26.2. The number of nitrogens with zero attached hydrogens (tertiary/aromatic N) is 1. The molecular weight excluding hydrogens is 245 g/mol. The molecule has 0 saturated carbocycles. The predicted octanol–water partition coefficient (Wildman–Crippen LogP) is -0.732. The SMILES string of the molecule is CCCC(C)C1(CC)C(=O)CC([S-])=NC1=O.[Na+]. The zero-order chi connectivity index (χ0) is 12.3. The second kappa shape index (κ2) is 6.98. The summed E-state index contributed by atoms with van der Waals surface area (Å²) >= 11 is 4.85. The van der Waals surface area contributed by atoms with E-state index >= 15 is 0 Å². The van der Waals surface area contributed by atoms with E-state index in [9.17, 15) is 9.59 Å². The van der Waals surface area contributed by atoms with Gasteiger partial charge in [-0.1, -0.05) is 32.2 Å². The predicted molar refractivity (Wildman–Crippen MR) is 66.2 cm³/mol. The molecule has 3 nitrogen and oxygen atoms in total. The summed E-state index contributed by atoms with van der Waals surface area (Å²) in [6.45, 7) is 5.90. The first-order chi connectivity index (χ1) is 7.48. The Balaban J connectivity index is 0.00000256. The van der Waals surface area contributed by atoms with Gasteiger partial charge in [-0.2, -0.15) is 0 Å². The van der Waals surface area contributed by atoms with Crippen LogP contribution in [0, 0.1) is 11.3 Å². The summed E-state index contributed by atoms with van der Waals surface area (Å²) in [5.74, 6) is -0.312. The first-order valence-electron chi connectivity index (χ1n) is 5.81. The van der Waals surface area contributed by atoms with Gasteiger partial charge in [0.05, 0.1) is 0 Å². The van der Waals surface area contributed by atoms with Crippen LogP contribution in [0.15, 0.2) is 4.99 Å². The molecule has 0 bridgehead atoms. The van der Waals surface area contributed by atoms with Crippen LogP contribution in [0.5, 0.6) is 0 Å². The average molecular weight is 263 g/mol. The number of ketones is 1. The second-order valence-corrected chi connectivity index (χ2v) is 4.90. The van der Waals surface area contributed by atoms with Gasteiger partial charge in [-0.25, -0.2) is 4.99 Å². The Morgan fingerprint density at radius 2 is 2.00 bits per heavy atom. The van der Waals surface area contributed by atoms with E-state index in [4.69, 9.17) is 12.6 Å². The molecule has 0 aliphatic carbocycles. The van der Waals surface area contributed by atoms with E-state index in [2.05, 4.69) is 11.9 Å². The van der Waals surface area contributed by atoms with Crippen molar-refractivity contribution >= 4 is 29.4 Å². The number of carbonyl (C=O) groups excluding carboxylic acids is 2. The maximum absolute atomic E-state index is 12.1. The van der Waals surface area contributed by atoms with Crippen LogP contribution in [0.4, 0.5) is 0 Å². The fourth-order valence-corrected chi connectivity index (χ4v) is 2.74. The summed E-state index contributed by atoms with van der Waals surface area (Å²) in [5.41, 5.74) is -0.904. The Bertz CT molecular complexity index is 343. The van der Waals surface area contributed by atoms with Gasteiger partial charge in [-0.05, 0) is 18.8 Å². The molecule has 0 N–H and O–H groups in total. The molecule has 1 heterocycles. The molecule has 90 valence electrons. The third-order valence-corrected chi connectivity index (χ3v) is 3.77. The molecule has 0 radical (unpaired) electrons. The van der Waals surface area contributed by atoms with Crippen molar-refractivity contribution in [2.45, 2.75) is 46.5 Å². The van der Waals surface area contributed by atoms with Crippen LogP contribution in [0.1, 0.15) is 46.5 Å². The fourth-order valence-electron chi connectivity index (χ4n) is 2.53. The molecule has 5 heteroatoms. The smallest absolute Gasteiger partial charge is 0.764 e. The summed E-state index contributed by atoms with van der Waals surface area (Å²) < 4.78 is 0. The van der Waals surface area contributed by atoms with Gasteiger partial charge in [0, 0.05) is 6.42 Å². The minimum atomic E-state index is -0.904. The molecule has 0 aromatic carbocycles. The van der Waals surface area contributed by atoms with Crippen LogP contribution >= 0.6 is 0 Å². The molecule has 1 rings (SSSR count). The number of aliphatic imine (C=N–C) groups is 1. The topological polar surface area (TPSA) is 46.5 Å². The zero-order valence-electron chi connectivity index (χ0n) is 11.1. The quantitative estimate of drug-likeness (QED) is 0.381. The summed E-state index contributed by atoms with van der Waals surface area (Å²) in [6, 6.07) is 0. The molecule has 2 unspecified atom stereocenters. The van der Waals surface area contributed by atoms with Crippen molar-refractivity contribution < 1.29 is 39.1 Å². The molecule has 1 amide bonds. The van der Waals surface area contributed by atoms with Crippen LogP contribution in [-0.4, -0.2) is 16.7 Å². The zero-order valence-corrected chi connectivity index (χ0v) is 13.9. The van der Waals surface area contributed by atoms with Gasteiger partial charge in [-0.3, -0.25) is 9.59 Å². The molecule has 17 heavy (non-hydrogen) atoms. The largest absolute Gasteiger partial charge is 1.00 e. The Morgan fingerprint density at radius 3 is 2.41 bits per heavy atom. The number of amides is 1. The third kappa shape index (κ3) is 3.16. The molecule has 0 fully saturated rings. The van der Waals surface area contributed by atoms with Crippen molar-refractivity contribution in [1.29, 1.82) is 0 Å². The van der Waals surface area contributed by atoms with E-state index in [0.717, 1.165) is 12.8 Å². The molecule has 0 spiro atoms. The molecular formula is C12H18NNaO2S. The Morgan fingerprint density at radius 1 is 1.41 bits per heavy atom. The van der Waals surface area contributed by atoms with Crippen molar-refractivity contribution in [3.05, 3.63) is 0 Å². The number of rotatable bonds is 4. The molecule has 1 aliphatic rings. The minimum Gasteiger partial charge on any atom is -0.764 e. The van der Waals surface area contributed by atoms with Crippen LogP contribution in [0.2, 0.25) is 0 Å². The fraction of sp³-hybridized carbons (Fsp3) is 0.750. The molecule has 0 saturated heterocycles. The number of hydrogen-bond donors (Lipinski definition) is 0. The summed E-state index contributed by atoms with van der Waals surface area (Å²) in [7, 11) is 0. The molecule has 1 aliphatic heterocycles. The van der Waals surface area contributed by atoms with Gasteiger partial charge in [-0.15, -0.1) is 0 Å². The van der Waals surface area contributed by atoms with Gasteiger partial charge >= 0.3 is 29.6 Å². The van der Waals surface area contributed by atoms with Gasteiger partial charge in [0.25, 0.3) is 5.91 Å². The van der Waals surface area contributed by atoms with Crippen molar-refractivity contribution in [1.82, 2.24) is 0 Å². The van der Waals surface area contributed by atoms with E-state index in [1.165, 1.54) is 0 Å². The van der Waals surface area contributed by atoms with E-state index in [1.807, 2.05) is 13.8 Å². The summed E-state index contributed by atoms with van der Waals surface area (Å²) in [6.07, 6.45) is 2.52. The minimum absolute atomic E-state index is 0. The van der Waals surface area contributed by atoms with Gasteiger partial charge in [0.2, 0.25) is 0 Å². The summed E-state index contributed by atoms with van der Waals surface area (Å²) in [4.78, 5) is 28.0. The van der Waals surface area contributed by atoms with Crippen LogP contribution in [0.25, 0.3) is 0 Å². The van der Waals surface area contributed by atoms with Gasteiger partial charge in [0.15, 0.2) is 5.78 Å². The van der Waals surface area contributed by atoms with E-state index < -0.39 is 5.41 Å². The molecule has 0 aromatic rings. The van der Waals surface area contributed by atoms with Gasteiger partial charge in [0.1, 0.15) is 5.41 Å². The van der Waals surface area contributed by atoms with Crippen molar-refractivity contribution in [2.24, 2.45) is 16.3 Å². The first-order valence-corrected chi connectivity index (χ1v) is 6.22. The first kappa shape index (κ1) is 17.2. The number of hydrogen-bond acceptors (Lipinski definition) is 3. The maximum atomic E-state index is 12.1. The Hall–Kier alpha value is 0.230. The summed E-state index contributed by atoms with van der Waals surface area (Å²) in [5, 5.41) is 0.239.